The Morgan fingerprint density at radius 3 is 1.50 bits per heavy atom. The van der Waals surface area contributed by atoms with Crippen molar-refractivity contribution in [1.29, 1.82) is 0 Å². The van der Waals surface area contributed by atoms with Crippen LogP contribution >= 0.6 is 0 Å². The molecule has 0 aliphatic heterocycles. The van der Waals surface area contributed by atoms with Gasteiger partial charge in [-0.15, -0.1) is 0 Å². The van der Waals surface area contributed by atoms with Crippen molar-refractivity contribution >= 4 is 11.9 Å². The topological polar surface area (TPSA) is 89.6 Å². The lowest BCUT2D eigenvalue weighted by atomic mass is 9.97. The molecular weight excluding hydrogens is 330 g/mol. The van der Waals surface area contributed by atoms with Gasteiger partial charge in [0.15, 0.2) is 0 Å². The highest BCUT2D eigenvalue weighted by Crippen LogP contribution is 2.17. The predicted molar refractivity (Wildman–Crippen MR) is 106 cm³/mol. The first-order valence-electron chi connectivity index (χ1n) is 10.7. The van der Waals surface area contributed by atoms with Crippen LogP contribution < -0.4 is 5.90 Å². The van der Waals surface area contributed by atoms with Crippen LogP contribution in [0.25, 0.3) is 0 Å². The number of carbonyl (C=O) groups excluding carboxylic acids is 1. The summed E-state index contributed by atoms with van der Waals surface area (Å²) in [4.78, 5) is 26.2. The fourth-order valence-electron chi connectivity index (χ4n) is 3.32. The summed E-state index contributed by atoms with van der Waals surface area (Å²) < 4.78 is 0. The van der Waals surface area contributed by atoms with Crippen molar-refractivity contribution in [2.75, 3.05) is 0 Å². The number of hydrogen-bond acceptors (Lipinski definition) is 4. The molecule has 26 heavy (non-hydrogen) atoms. The number of carbonyl (C=O) groups is 2. The lowest BCUT2D eigenvalue weighted by Crippen LogP contribution is -2.21. The highest BCUT2D eigenvalue weighted by Gasteiger charge is 2.21. The molecule has 1 unspecified atom stereocenters. The Morgan fingerprint density at radius 1 is 0.769 bits per heavy atom. The SMILES string of the molecule is CCCCCCCCCCCCCCCCCC(CC(=O)ON)C(=O)O. The van der Waals surface area contributed by atoms with E-state index >= 15 is 0 Å². The van der Waals surface area contributed by atoms with Crippen LogP contribution in [0.15, 0.2) is 0 Å². The molecule has 0 aromatic carbocycles. The molecule has 0 aromatic rings. The highest BCUT2D eigenvalue weighted by atomic mass is 16.7. The monoisotopic (exact) mass is 371 g/mol. The maximum absolute atomic E-state index is 11.1. The molecule has 154 valence electrons. The normalized spacial score (nSPS) is 12.1. The molecule has 0 aliphatic carbocycles. The molecule has 5 nitrogen and oxygen atoms in total. The lowest BCUT2D eigenvalue weighted by Gasteiger charge is -2.10. The van der Waals surface area contributed by atoms with Gasteiger partial charge in [-0.05, 0) is 6.42 Å². The fourth-order valence-corrected chi connectivity index (χ4v) is 3.32. The van der Waals surface area contributed by atoms with Crippen molar-refractivity contribution in [1.82, 2.24) is 0 Å². The largest absolute Gasteiger partial charge is 0.481 e. The van der Waals surface area contributed by atoms with Gasteiger partial charge in [-0.3, -0.25) is 9.59 Å². The molecule has 0 amide bonds. The second-order valence-electron chi connectivity index (χ2n) is 7.47. The van der Waals surface area contributed by atoms with Gasteiger partial charge < -0.3 is 9.94 Å². The van der Waals surface area contributed by atoms with Crippen LogP contribution in [0.3, 0.4) is 0 Å². The molecular formula is C21H41NO4. The van der Waals surface area contributed by atoms with Gasteiger partial charge >= 0.3 is 11.9 Å². The van der Waals surface area contributed by atoms with Crippen LogP contribution in [0.2, 0.25) is 0 Å². The molecule has 0 rings (SSSR count). The van der Waals surface area contributed by atoms with Crippen LogP contribution in [0, 0.1) is 5.92 Å². The molecule has 3 N–H and O–H groups in total. The summed E-state index contributed by atoms with van der Waals surface area (Å²) in [5.74, 6) is 2.49. The summed E-state index contributed by atoms with van der Waals surface area (Å²) in [5, 5.41) is 9.08. The number of aliphatic carboxylic acids is 1. The molecule has 0 aromatic heterocycles. The van der Waals surface area contributed by atoms with E-state index in [0.29, 0.717) is 6.42 Å². The first-order chi connectivity index (χ1) is 12.6. The summed E-state index contributed by atoms with van der Waals surface area (Å²) in [5.41, 5.74) is 0. The van der Waals surface area contributed by atoms with E-state index in [1.807, 2.05) is 0 Å². The maximum atomic E-state index is 11.1. The average Bonchev–Trinajstić information content (AvgIpc) is 2.63. The van der Waals surface area contributed by atoms with Gasteiger partial charge in [0.1, 0.15) is 0 Å². The Bertz CT molecular complexity index is 347. The second-order valence-corrected chi connectivity index (χ2v) is 7.47. The Morgan fingerprint density at radius 2 is 1.15 bits per heavy atom. The van der Waals surface area contributed by atoms with Crippen molar-refractivity contribution in [3.63, 3.8) is 0 Å². The Kier molecular flexibility index (Phi) is 17.9. The Labute approximate surface area is 160 Å². The van der Waals surface area contributed by atoms with Crippen LogP contribution in [-0.2, 0) is 14.4 Å². The van der Waals surface area contributed by atoms with E-state index in [-0.39, 0.29) is 6.42 Å². The van der Waals surface area contributed by atoms with Gasteiger partial charge in [0.25, 0.3) is 0 Å². The Hall–Kier alpha value is -1.10. The van der Waals surface area contributed by atoms with Crippen LogP contribution in [0.4, 0.5) is 0 Å². The third-order valence-electron chi connectivity index (χ3n) is 5.05. The maximum Gasteiger partial charge on any atom is 0.325 e. The van der Waals surface area contributed by atoms with Crippen molar-refractivity contribution in [2.24, 2.45) is 11.8 Å². The molecule has 0 radical (unpaired) electrons. The van der Waals surface area contributed by atoms with E-state index in [9.17, 15) is 9.59 Å². The van der Waals surface area contributed by atoms with Gasteiger partial charge in [-0.25, -0.2) is 0 Å². The smallest absolute Gasteiger partial charge is 0.325 e. The molecule has 0 spiro atoms. The third kappa shape index (κ3) is 16.4. The molecule has 0 saturated heterocycles. The van der Waals surface area contributed by atoms with Crippen molar-refractivity contribution in [2.45, 2.75) is 116 Å². The number of carboxylic acid groups (broad SMARTS) is 1. The van der Waals surface area contributed by atoms with E-state index in [1.54, 1.807) is 0 Å². The number of hydrogen-bond donors (Lipinski definition) is 2. The molecule has 5 heteroatoms. The summed E-state index contributed by atoms with van der Waals surface area (Å²) in [7, 11) is 0. The lowest BCUT2D eigenvalue weighted by molar-refractivity contribution is -0.152. The first kappa shape index (κ1) is 24.9. The molecule has 0 aliphatic rings. The first-order valence-corrected chi connectivity index (χ1v) is 10.7. The van der Waals surface area contributed by atoms with Gasteiger partial charge in [0.05, 0.1) is 12.3 Å². The standard InChI is InChI=1S/C21H41NO4/c1-2-3-4-5-6-7-8-9-10-11-12-13-14-15-16-17-19(21(24)25)18-20(23)26-22/h19H,2-18,22H2,1H3,(H,24,25). The van der Waals surface area contributed by atoms with Crippen LogP contribution in [0.1, 0.15) is 116 Å². The van der Waals surface area contributed by atoms with Crippen molar-refractivity contribution in [3.8, 4) is 0 Å². The van der Waals surface area contributed by atoms with Gasteiger partial charge in [-0.2, -0.15) is 5.90 Å². The van der Waals surface area contributed by atoms with Gasteiger partial charge in [0, 0.05) is 0 Å². The highest BCUT2D eigenvalue weighted by molar-refractivity contribution is 5.78. The molecule has 0 fully saturated rings. The number of rotatable bonds is 19. The second kappa shape index (κ2) is 18.7. The van der Waals surface area contributed by atoms with Crippen molar-refractivity contribution < 1.29 is 19.5 Å². The van der Waals surface area contributed by atoms with E-state index < -0.39 is 17.9 Å². The quantitative estimate of drug-likeness (QED) is 0.223. The summed E-state index contributed by atoms with van der Waals surface area (Å²) in [6, 6.07) is 0. The Balaban J connectivity index is 3.34. The third-order valence-corrected chi connectivity index (χ3v) is 5.05. The van der Waals surface area contributed by atoms with Gasteiger partial charge in [0.2, 0.25) is 0 Å². The summed E-state index contributed by atoms with van der Waals surface area (Å²) >= 11 is 0. The summed E-state index contributed by atoms with van der Waals surface area (Å²) in [6.45, 7) is 2.26. The average molecular weight is 372 g/mol. The van der Waals surface area contributed by atoms with Crippen LogP contribution in [-0.4, -0.2) is 17.0 Å². The minimum atomic E-state index is -0.944. The van der Waals surface area contributed by atoms with E-state index in [0.717, 1.165) is 19.3 Å². The zero-order valence-electron chi connectivity index (χ0n) is 16.8. The zero-order chi connectivity index (χ0) is 19.5. The van der Waals surface area contributed by atoms with Gasteiger partial charge in [-0.1, -0.05) is 103 Å². The minimum Gasteiger partial charge on any atom is -0.481 e. The number of unbranched alkanes of at least 4 members (excludes halogenated alkanes) is 14. The number of nitrogens with two attached hydrogens (primary N) is 1. The molecule has 0 saturated carbocycles. The van der Waals surface area contributed by atoms with Crippen molar-refractivity contribution in [3.05, 3.63) is 0 Å². The minimum absolute atomic E-state index is 0.134. The van der Waals surface area contributed by atoms with E-state index in [1.165, 1.54) is 77.0 Å². The van der Waals surface area contributed by atoms with E-state index in [2.05, 4.69) is 11.8 Å². The zero-order valence-corrected chi connectivity index (χ0v) is 16.8. The molecule has 0 heterocycles. The fraction of sp³-hybridized carbons (Fsp3) is 0.905. The van der Waals surface area contributed by atoms with Crippen LogP contribution in [0.5, 0.6) is 0 Å². The molecule has 1 atom stereocenters. The predicted octanol–water partition coefficient (Wildman–Crippen LogP) is 5.76. The number of carboxylic acids is 1. The summed E-state index contributed by atoms with van der Waals surface area (Å²) in [6.07, 6.45) is 19.6. The molecule has 0 bridgehead atoms. The van der Waals surface area contributed by atoms with E-state index in [4.69, 9.17) is 11.0 Å².